The average Bonchev–Trinajstić information content (AvgIpc) is 2.84. The number of nitrogens with zero attached hydrogens (tertiary/aromatic N) is 5. The summed E-state index contributed by atoms with van der Waals surface area (Å²) in [5.41, 5.74) is 3.54. The zero-order chi connectivity index (χ0) is 15.2. The lowest BCUT2D eigenvalue weighted by atomic mass is 10.1. The maximum atomic E-state index is 11.7. The van der Waals surface area contributed by atoms with Gasteiger partial charge in [0.1, 0.15) is 0 Å². The van der Waals surface area contributed by atoms with Gasteiger partial charge in [0, 0.05) is 44.0 Å². The fourth-order valence-corrected chi connectivity index (χ4v) is 3.29. The van der Waals surface area contributed by atoms with Crippen molar-refractivity contribution >= 4 is 10.0 Å². The molecule has 0 fully saturated rings. The Hall–Kier alpha value is -1.80. The highest BCUT2D eigenvalue weighted by molar-refractivity contribution is 7.88. The van der Waals surface area contributed by atoms with Gasteiger partial charge in [-0.25, -0.2) is 18.4 Å². The number of aryl methyl sites for hydroxylation is 2. The van der Waals surface area contributed by atoms with Crippen molar-refractivity contribution < 1.29 is 8.42 Å². The van der Waals surface area contributed by atoms with E-state index in [1.807, 2.05) is 20.2 Å². The number of hydrogen-bond acceptors (Lipinski definition) is 5. The van der Waals surface area contributed by atoms with Crippen LogP contribution in [0.15, 0.2) is 12.4 Å². The summed E-state index contributed by atoms with van der Waals surface area (Å²) in [4.78, 5) is 9.09. The quantitative estimate of drug-likeness (QED) is 0.807. The highest BCUT2D eigenvalue weighted by Crippen LogP contribution is 2.24. The predicted octanol–water partition coefficient (Wildman–Crippen LogP) is 0.503. The second kappa shape index (κ2) is 4.88. The van der Waals surface area contributed by atoms with E-state index in [1.54, 1.807) is 10.9 Å². The molecule has 0 atom stereocenters. The van der Waals surface area contributed by atoms with Crippen molar-refractivity contribution in [2.45, 2.75) is 19.9 Å². The summed E-state index contributed by atoms with van der Waals surface area (Å²) < 4.78 is 26.5. The Morgan fingerprint density at radius 1 is 1.29 bits per heavy atom. The number of sulfonamides is 1. The van der Waals surface area contributed by atoms with Crippen LogP contribution >= 0.6 is 0 Å². The number of rotatable bonds is 2. The van der Waals surface area contributed by atoms with Crippen LogP contribution in [0.25, 0.3) is 11.4 Å². The van der Waals surface area contributed by atoms with E-state index in [-0.39, 0.29) is 0 Å². The molecule has 0 radical (unpaired) electrons. The van der Waals surface area contributed by atoms with Gasteiger partial charge in [0.25, 0.3) is 0 Å². The minimum absolute atomic E-state index is 0.354. The summed E-state index contributed by atoms with van der Waals surface area (Å²) in [7, 11) is -1.33. The van der Waals surface area contributed by atoms with Gasteiger partial charge in [0.05, 0.1) is 23.7 Å². The zero-order valence-corrected chi connectivity index (χ0v) is 13.1. The third kappa shape index (κ3) is 2.68. The predicted molar refractivity (Wildman–Crippen MR) is 77.9 cm³/mol. The minimum atomic E-state index is -3.18. The van der Waals surface area contributed by atoms with Crippen molar-refractivity contribution in [3.05, 3.63) is 29.3 Å². The van der Waals surface area contributed by atoms with Gasteiger partial charge in [0.15, 0.2) is 5.82 Å². The third-order valence-corrected chi connectivity index (χ3v) is 4.91. The Morgan fingerprint density at radius 2 is 2.05 bits per heavy atom. The number of fused-ring (bicyclic) bond motifs is 1. The summed E-state index contributed by atoms with van der Waals surface area (Å²) in [6.07, 6.45) is 5.44. The first kappa shape index (κ1) is 14.2. The normalized spacial score (nSPS) is 16.0. The molecule has 7 nitrogen and oxygen atoms in total. The molecule has 3 rings (SSSR count). The van der Waals surface area contributed by atoms with Crippen LogP contribution < -0.4 is 0 Å². The van der Waals surface area contributed by atoms with Gasteiger partial charge in [-0.1, -0.05) is 0 Å². The highest BCUT2D eigenvalue weighted by Gasteiger charge is 2.26. The van der Waals surface area contributed by atoms with Gasteiger partial charge in [-0.15, -0.1) is 0 Å². The monoisotopic (exact) mass is 307 g/mol. The zero-order valence-electron chi connectivity index (χ0n) is 12.2. The Morgan fingerprint density at radius 3 is 2.67 bits per heavy atom. The first-order valence-corrected chi connectivity index (χ1v) is 8.50. The fraction of sp³-hybridized carbons (Fsp3) is 0.462. The smallest absolute Gasteiger partial charge is 0.211 e. The molecule has 0 bridgehead atoms. The maximum absolute atomic E-state index is 11.7. The average molecular weight is 307 g/mol. The first-order valence-electron chi connectivity index (χ1n) is 6.65. The molecule has 3 heterocycles. The van der Waals surface area contributed by atoms with Gasteiger partial charge in [-0.05, 0) is 6.92 Å². The maximum Gasteiger partial charge on any atom is 0.211 e. The molecule has 0 aromatic carbocycles. The summed E-state index contributed by atoms with van der Waals surface area (Å²) in [6.45, 7) is 2.72. The van der Waals surface area contributed by atoms with E-state index in [1.165, 1.54) is 10.6 Å². The molecule has 0 N–H and O–H groups in total. The summed E-state index contributed by atoms with van der Waals surface area (Å²) in [5, 5.41) is 4.13. The Balaban J connectivity index is 2.01. The van der Waals surface area contributed by atoms with Gasteiger partial charge >= 0.3 is 0 Å². The summed E-state index contributed by atoms with van der Waals surface area (Å²) in [6, 6.07) is 0. The molecule has 0 aliphatic carbocycles. The standard InChI is InChI=1S/C13H17N5O2S/c1-9-11-8-18(21(3,19)20)5-4-12(11)16-13(15-9)10-6-14-17(2)7-10/h6-7H,4-5,8H2,1-3H3. The van der Waals surface area contributed by atoms with Crippen molar-refractivity contribution in [3.63, 3.8) is 0 Å². The van der Waals surface area contributed by atoms with Crippen molar-refractivity contribution in [1.29, 1.82) is 0 Å². The third-order valence-electron chi connectivity index (χ3n) is 3.66. The van der Waals surface area contributed by atoms with Crippen molar-refractivity contribution in [1.82, 2.24) is 24.1 Å². The molecule has 2 aromatic rings. The fourth-order valence-electron chi connectivity index (χ4n) is 2.50. The molecule has 1 aliphatic rings. The van der Waals surface area contributed by atoms with Crippen molar-refractivity contribution in [2.24, 2.45) is 7.05 Å². The van der Waals surface area contributed by atoms with Crippen LogP contribution in [0, 0.1) is 6.92 Å². The van der Waals surface area contributed by atoms with E-state index < -0.39 is 10.0 Å². The van der Waals surface area contributed by atoms with Crippen LogP contribution in [-0.4, -0.2) is 45.3 Å². The van der Waals surface area contributed by atoms with E-state index in [4.69, 9.17) is 0 Å². The molecule has 0 unspecified atom stereocenters. The summed E-state index contributed by atoms with van der Waals surface area (Å²) in [5.74, 6) is 0.646. The van der Waals surface area contributed by atoms with Gasteiger partial charge < -0.3 is 0 Å². The Bertz CT molecular complexity index is 797. The van der Waals surface area contributed by atoms with E-state index in [0.29, 0.717) is 25.3 Å². The molecule has 8 heteroatoms. The number of aromatic nitrogens is 4. The molecular weight excluding hydrogens is 290 g/mol. The molecule has 1 aliphatic heterocycles. The second-order valence-corrected chi connectivity index (χ2v) is 7.29. The van der Waals surface area contributed by atoms with Crippen molar-refractivity contribution in [3.8, 4) is 11.4 Å². The molecule has 0 saturated heterocycles. The molecule has 112 valence electrons. The largest absolute Gasteiger partial charge is 0.275 e. The van der Waals surface area contributed by atoms with E-state index in [0.717, 1.165) is 22.5 Å². The lowest BCUT2D eigenvalue weighted by Crippen LogP contribution is -2.36. The number of hydrogen-bond donors (Lipinski definition) is 0. The van der Waals surface area contributed by atoms with Gasteiger partial charge in [-0.3, -0.25) is 4.68 Å². The van der Waals surface area contributed by atoms with E-state index in [9.17, 15) is 8.42 Å². The first-order chi connectivity index (χ1) is 9.84. The Kier molecular flexibility index (Phi) is 3.29. The van der Waals surface area contributed by atoms with Gasteiger partial charge in [0.2, 0.25) is 10.0 Å². The SMILES string of the molecule is Cc1nc(-c2cnn(C)c2)nc2c1CN(S(C)(=O)=O)CC2. The van der Waals surface area contributed by atoms with E-state index >= 15 is 0 Å². The lowest BCUT2D eigenvalue weighted by molar-refractivity contribution is 0.389. The van der Waals surface area contributed by atoms with Crippen LogP contribution in [0.2, 0.25) is 0 Å². The van der Waals surface area contributed by atoms with E-state index in [2.05, 4.69) is 15.1 Å². The molecule has 0 saturated carbocycles. The lowest BCUT2D eigenvalue weighted by Gasteiger charge is -2.27. The molecule has 0 spiro atoms. The van der Waals surface area contributed by atoms with Crippen LogP contribution in [0.1, 0.15) is 17.0 Å². The minimum Gasteiger partial charge on any atom is -0.275 e. The van der Waals surface area contributed by atoms with Gasteiger partial charge in [-0.2, -0.15) is 9.40 Å². The second-order valence-electron chi connectivity index (χ2n) is 5.31. The van der Waals surface area contributed by atoms with Crippen LogP contribution in [0.3, 0.4) is 0 Å². The molecule has 21 heavy (non-hydrogen) atoms. The topological polar surface area (TPSA) is 81.0 Å². The van der Waals surface area contributed by atoms with Crippen LogP contribution in [-0.2, 0) is 30.0 Å². The molecule has 2 aromatic heterocycles. The van der Waals surface area contributed by atoms with Crippen molar-refractivity contribution in [2.75, 3.05) is 12.8 Å². The van der Waals surface area contributed by atoms with Crippen LogP contribution in [0.5, 0.6) is 0 Å². The highest BCUT2D eigenvalue weighted by atomic mass is 32.2. The Labute approximate surface area is 123 Å². The molecule has 0 amide bonds. The summed E-state index contributed by atoms with van der Waals surface area (Å²) >= 11 is 0. The molecular formula is C13H17N5O2S. The van der Waals surface area contributed by atoms with Crippen LogP contribution in [0.4, 0.5) is 0 Å².